The number of amides is 1. The summed E-state index contributed by atoms with van der Waals surface area (Å²) in [5.41, 5.74) is 6.66. The lowest BCUT2D eigenvalue weighted by Crippen LogP contribution is -2.45. The van der Waals surface area contributed by atoms with Crippen LogP contribution in [0.15, 0.2) is 42.5 Å². The Labute approximate surface area is 124 Å². The van der Waals surface area contributed by atoms with E-state index in [0.717, 1.165) is 36.7 Å². The molecule has 3 rings (SSSR count). The second-order valence-corrected chi connectivity index (χ2v) is 5.61. The van der Waals surface area contributed by atoms with Crippen LogP contribution >= 0.6 is 0 Å². The van der Waals surface area contributed by atoms with Gasteiger partial charge in [-0.1, -0.05) is 36.4 Å². The fourth-order valence-corrected chi connectivity index (χ4v) is 2.88. The normalized spacial score (nSPS) is 17.9. The number of carbonyl (C=O) groups excluding carboxylic acids is 1. The summed E-state index contributed by atoms with van der Waals surface area (Å²) >= 11 is 0. The zero-order chi connectivity index (χ0) is 14.8. The van der Waals surface area contributed by atoms with Crippen LogP contribution in [0.2, 0.25) is 0 Å². The van der Waals surface area contributed by atoms with Gasteiger partial charge < -0.3 is 15.7 Å². The van der Waals surface area contributed by atoms with E-state index in [4.69, 9.17) is 5.73 Å². The van der Waals surface area contributed by atoms with Crippen molar-refractivity contribution in [2.45, 2.75) is 25.0 Å². The van der Waals surface area contributed by atoms with Gasteiger partial charge in [0.25, 0.3) is 0 Å². The van der Waals surface area contributed by atoms with Gasteiger partial charge >= 0.3 is 0 Å². The smallest absolute Gasteiger partial charge is 0.242 e. The van der Waals surface area contributed by atoms with E-state index in [1.165, 1.54) is 0 Å². The van der Waals surface area contributed by atoms with E-state index in [0.29, 0.717) is 5.56 Å². The first-order valence-corrected chi connectivity index (χ1v) is 7.38. The lowest BCUT2D eigenvalue weighted by molar-refractivity contribution is -0.134. The maximum absolute atomic E-state index is 12.3. The molecule has 2 atom stereocenters. The van der Waals surface area contributed by atoms with E-state index in [2.05, 4.69) is 0 Å². The summed E-state index contributed by atoms with van der Waals surface area (Å²) in [5.74, 6) is -0.159. The highest BCUT2D eigenvalue weighted by atomic mass is 16.3. The molecule has 0 aliphatic carbocycles. The summed E-state index contributed by atoms with van der Waals surface area (Å²) in [6.07, 6.45) is 1.07. The number of fused-ring (bicyclic) bond motifs is 1. The first-order valence-electron chi connectivity index (χ1n) is 7.38. The van der Waals surface area contributed by atoms with Gasteiger partial charge in [0.15, 0.2) is 0 Å². The minimum Gasteiger partial charge on any atom is -0.386 e. The monoisotopic (exact) mass is 284 g/mol. The van der Waals surface area contributed by atoms with Crippen molar-refractivity contribution >= 4 is 16.7 Å². The van der Waals surface area contributed by atoms with Crippen LogP contribution in [-0.4, -0.2) is 35.0 Å². The van der Waals surface area contributed by atoms with E-state index < -0.39 is 12.1 Å². The van der Waals surface area contributed by atoms with E-state index >= 15 is 0 Å². The molecule has 0 spiro atoms. The van der Waals surface area contributed by atoms with Crippen LogP contribution in [0.5, 0.6) is 0 Å². The Morgan fingerprint density at radius 2 is 1.76 bits per heavy atom. The number of carbonyl (C=O) groups is 1. The second kappa shape index (κ2) is 5.84. The van der Waals surface area contributed by atoms with Gasteiger partial charge in [-0.15, -0.1) is 0 Å². The summed E-state index contributed by atoms with van der Waals surface area (Å²) in [4.78, 5) is 14.0. The average molecular weight is 284 g/mol. The molecule has 1 saturated heterocycles. The third kappa shape index (κ3) is 2.77. The van der Waals surface area contributed by atoms with Crippen LogP contribution in [0.1, 0.15) is 24.5 Å². The Morgan fingerprint density at radius 3 is 2.48 bits per heavy atom. The van der Waals surface area contributed by atoms with Crippen molar-refractivity contribution in [2.75, 3.05) is 13.1 Å². The van der Waals surface area contributed by atoms with Gasteiger partial charge in [-0.05, 0) is 35.2 Å². The number of rotatable bonds is 3. The van der Waals surface area contributed by atoms with Gasteiger partial charge in [0.05, 0.1) is 0 Å². The largest absolute Gasteiger partial charge is 0.386 e. The highest BCUT2D eigenvalue weighted by Crippen LogP contribution is 2.23. The van der Waals surface area contributed by atoms with E-state index in [1.54, 1.807) is 4.90 Å². The molecular formula is C17H20N2O2. The van der Waals surface area contributed by atoms with E-state index in [-0.39, 0.29) is 5.91 Å². The van der Waals surface area contributed by atoms with Crippen LogP contribution in [-0.2, 0) is 4.79 Å². The zero-order valence-electron chi connectivity index (χ0n) is 11.9. The third-order valence-electron chi connectivity index (χ3n) is 4.16. The number of hydrogen-bond acceptors (Lipinski definition) is 3. The molecule has 110 valence electrons. The minimum absolute atomic E-state index is 0.159. The molecule has 2 aromatic carbocycles. The summed E-state index contributed by atoms with van der Waals surface area (Å²) in [7, 11) is 0. The Hall–Kier alpha value is -1.91. The van der Waals surface area contributed by atoms with Crippen LogP contribution in [0.3, 0.4) is 0 Å². The van der Waals surface area contributed by atoms with E-state index in [9.17, 15) is 9.90 Å². The van der Waals surface area contributed by atoms with Gasteiger partial charge in [0.2, 0.25) is 5.91 Å². The molecule has 3 N–H and O–H groups in total. The Morgan fingerprint density at radius 1 is 1.10 bits per heavy atom. The lowest BCUT2D eigenvalue weighted by atomic mass is 9.98. The minimum atomic E-state index is -0.970. The predicted molar refractivity (Wildman–Crippen MR) is 82.7 cm³/mol. The number of nitrogens with zero attached hydrogens (tertiary/aromatic N) is 1. The molecule has 0 saturated carbocycles. The quantitative estimate of drug-likeness (QED) is 0.903. The SMILES string of the molecule is NC(C(=O)N1CCCC1)C(O)c1ccc2ccccc2c1. The number of likely N-dealkylation sites (tertiary alicyclic amines) is 1. The van der Waals surface area contributed by atoms with Gasteiger partial charge in [-0.25, -0.2) is 0 Å². The molecule has 2 aromatic rings. The second-order valence-electron chi connectivity index (χ2n) is 5.61. The highest BCUT2D eigenvalue weighted by Gasteiger charge is 2.29. The molecule has 1 heterocycles. The van der Waals surface area contributed by atoms with Crippen molar-refractivity contribution in [3.8, 4) is 0 Å². The molecule has 1 fully saturated rings. The van der Waals surface area contributed by atoms with Crippen LogP contribution in [0.25, 0.3) is 10.8 Å². The summed E-state index contributed by atoms with van der Waals surface area (Å²) in [5, 5.41) is 12.5. The zero-order valence-corrected chi connectivity index (χ0v) is 11.9. The van der Waals surface area contributed by atoms with E-state index in [1.807, 2.05) is 42.5 Å². The summed E-state index contributed by atoms with van der Waals surface area (Å²) < 4.78 is 0. The molecule has 0 aromatic heterocycles. The standard InChI is InChI=1S/C17H20N2O2/c18-15(17(21)19-9-3-4-10-19)16(20)14-8-7-12-5-1-2-6-13(12)11-14/h1-2,5-8,11,15-16,20H,3-4,9-10,18H2. The fraction of sp³-hybridized carbons (Fsp3) is 0.353. The molecule has 1 aliphatic rings. The van der Waals surface area contributed by atoms with Gasteiger partial charge in [-0.2, -0.15) is 0 Å². The lowest BCUT2D eigenvalue weighted by Gasteiger charge is -2.24. The topological polar surface area (TPSA) is 66.6 Å². The Balaban J connectivity index is 1.81. The molecule has 21 heavy (non-hydrogen) atoms. The van der Waals surface area contributed by atoms with Gasteiger partial charge in [0.1, 0.15) is 12.1 Å². The maximum atomic E-state index is 12.3. The number of benzene rings is 2. The molecule has 0 bridgehead atoms. The third-order valence-corrected chi connectivity index (χ3v) is 4.16. The van der Waals surface area contributed by atoms with Crippen molar-refractivity contribution in [2.24, 2.45) is 5.73 Å². The van der Waals surface area contributed by atoms with Crippen LogP contribution in [0.4, 0.5) is 0 Å². The number of aliphatic hydroxyl groups excluding tert-OH is 1. The average Bonchev–Trinajstić information content (AvgIpc) is 3.06. The summed E-state index contributed by atoms with van der Waals surface area (Å²) in [6.45, 7) is 1.49. The molecule has 1 amide bonds. The van der Waals surface area contributed by atoms with Crippen molar-refractivity contribution in [1.82, 2.24) is 4.90 Å². The molecule has 4 heteroatoms. The van der Waals surface area contributed by atoms with Crippen LogP contribution < -0.4 is 5.73 Å². The molecule has 4 nitrogen and oxygen atoms in total. The Bertz CT molecular complexity index is 650. The molecular weight excluding hydrogens is 264 g/mol. The van der Waals surface area contributed by atoms with Crippen LogP contribution in [0, 0.1) is 0 Å². The predicted octanol–water partition coefficient (Wildman–Crippen LogP) is 1.82. The van der Waals surface area contributed by atoms with Crippen molar-refractivity contribution in [1.29, 1.82) is 0 Å². The number of nitrogens with two attached hydrogens (primary N) is 1. The number of aliphatic hydroxyl groups is 1. The Kier molecular flexibility index (Phi) is 3.90. The van der Waals surface area contributed by atoms with Crippen molar-refractivity contribution < 1.29 is 9.90 Å². The fourth-order valence-electron chi connectivity index (χ4n) is 2.88. The van der Waals surface area contributed by atoms with Gasteiger partial charge in [-0.3, -0.25) is 4.79 Å². The first kappa shape index (κ1) is 14.0. The molecule has 0 radical (unpaired) electrons. The van der Waals surface area contributed by atoms with Crippen molar-refractivity contribution in [3.05, 3.63) is 48.0 Å². The highest BCUT2D eigenvalue weighted by molar-refractivity contribution is 5.85. The van der Waals surface area contributed by atoms with Gasteiger partial charge in [0, 0.05) is 13.1 Å². The van der Waals surface area contributed by atoms with Crippen molar-refractivity contribution in [3.63, 3.8) is 0 Å². The number of hydrogen-bond donors (Lipinski definition) is 2. The first-order chi connectivity index (χ1) is 10.2. The molecule has 1 aliphatic heterocycles. The summed E-state index contributed by atoms with van der Waals surface area (Å²) in [6, 6.07) is 12.7. The maximum Gasteiger partial charge on any atom is 0.242 e. The molecule has 2 unspecified atom stereocenters.